The van der Waals surface area contributed by atoms with Crippen molar-refractivity contribution in [2.45, 2.75) is 18.4 Å². The van der Waals surface area contributed by atoms with E-state index in [9.17, 15) is 0 Å². The van der Waals surface area contributed by atoms with Gasteiger partial charge in [-0.2, -0.15) is 0 Å². The number of allylic oxidation sites excluding steroid dienone is 1. The number of fused-ring (bicyclic) bond motifs is 3. The molecule has 0 spiro atoms. The van der Waals surface area contributed by atoms with Crippen LogP contribution in [0.1, 0.15) is 40.1 Å². The van der Waals surface area contributed by atoms with E-state index < -0.39 is 12.7 Å². The Morgan fingerprint density at radius 2 is 1.33 bits per heavy atom. The second kappa shape index (κ2) is 10.3. The van der Waals surface area contributed by atoms with Crippen molar-refractivity contribution < 1.29 is 13.7 Å². The second-order valence-corrected chi connectivity index (χ2v) is 10.8. The van der Waals surface area contributed by atoms with Crippen LogP contribution in [-0.4, -0.2) is 29.9 Å². The normalized spacial score (nSPS) is 15.1. The predicted molar refractivity (Wildman–Crippen MR) is 166 cm³/mol. The van der Waals surface area contributed by atoms with Gasteiger partial charge in [0.2, 0.25) is 0 Å². The van der Waals surface area contributed by atoms with Gasteiger partial charge in [0.1, 0.15) is 16.9 Å². The molecule has 0 N–H and O–H groups in total. The lowest BCUT2D eigenvalue weighted by atomic mass is 9.74. The van der Waals surface area contributed by atoms with Crippen molar-refractivity contribution in [1.29, 1.82) is 0 Å². The predicted octanol–water partition coefficient (Wildman–Crippen LogP) is 6.59. The lowest BCUT2D eigenvalue weighted by molar-refractivity contribution is 0.365. The Morgan fingerprint density at radius 3 is 1.95 bits per heavy atom. The van der Waals surface area contributed by atoms with Crippen LogP contribution in [0, 0.1) is 0 Å². The van der Waals surface area contributed by atoms with Crippen molar-refractivity contribution in [1.82, 2.24) is 9.55 Å². The molecular weight excluding hydrogens is 519 g/mol. The summed E-state index contributed by atoms with van der Waals surface area (Å²) in [5.41, 5.74) is 7.91. The third-order valence-corrected chi connectivity index (χ3v) is 8.54. The minimum absolute atomic E-state index is 0.402. The van der Waals surface area contributed by atoms with Crippen LogP contribution in [0.3, 0.4) is 0 Å². The summed E-state index contributed by atoms with van der Waals surface area (Å²) in [5.74, 6) is 0.991. The molecule has 6 heteroatoms. The minimum atomic E-state index is -0.673. The van der Waals surface area contributed by atoms with Crippen molar-refractivity contribution >= 4 is 29.1 Å². The van der Waals surface area contributed by atoms with Gasteiger partial charge in [-0.1, -0.05) is 109 Å². The zero-order valence-electron chi connectivity index (χ0n) is 23.1. The van der Waals surface area contributed by atoms with E-state index in [4.69, 9.17) is 18.7 Å². The van der Waals surface area contributed by atoms with Crippen molar-refractivity contribution in [3.63, 3.8) is 0 Å². The highest BCUT2D eigenvalue weighted by Gasteiger charge is 2.41. The largest absolute Gasteiger partial charge is 0.494 e. The number of aryl methyl sites for hydroxylation is 1. The smallest absolute Gasteiger partial charge is 0.460 e. The SMILES string of the molecule is C1=C(c2cncn2C(c2ccccc2)(c2ccccc2)c2ccccc2)c2c(oc3cccc(B4OCCO4)c23)CC1. The summed E-state index contributed by atoms with van der Waals surface area (Å²) >= 11 is 0. The lowest BCUT2D eigenvalue weighted by Gasteiger charge is -2.39. The third kappa shape index (κ3) is 3.83. The molecule has 204 valence electrons. The van der Waals surface area contributed by atoms with Crippen molar-refractivity contribution in [3.8, 4) is 0 Å². The maximum Gasteiger partial charge on any atom is 0.494 e. The molecule has 8 rings (SSSR count). The van der Waals surface area contributed by atoms with E-state index in [-0.39, 0.29) is 0 Å². The molecule has 0 atom stereocenters. The zero-order valence-corrected chi connectivity index (χ0v) is 23.1. The summed E-state index contributed by atoms with van der Waals surface area (Å²) in [4.78, 5) is 4.82. The average molecular weight is 548 g/mol. The van der Waals surface area contributed by atoms with Gasteiger partial charge in [0, 0.05) is 22.9 Å². The van der Waals surface area contributed by atoms with E-state index >= 15 is 0 Å². The monoisotopic (exact) mass is 548 g/mol. The summed E-state index contributed by atoms with van der Waals surface area (Å²) < 4.78 is 20.8. The second-order valence-electron chi connectivity index (χ2n) is 10.8. The highest BCUT2D eigenvalue weighted by Crippen LogP contribution is 2.45. The van der Waals surface area contributed by atoms with Crippen molar-refractivity contribution in [2.24, 2.45) is 0 Å². The van der Waals surface area contributed by atoms with Gasteiger partial charge in [0.15, 0.2) is 0 Å². The van der Waals surface area contributed by atoms with Gasteiger partial charge >= 0.3 is 7.12 Å². The minimum Gasteiger partial charge on any atom is -0.460 e. The van der Waals surface area contributed by atoms with E-state index in [2.05, 4.69) is 108 Å². The highest BCUT2D eigenvalue weighted by atomic mass is 16.6. The van der Waals surface area contributed by atoms with Crippen LogP contribution in [0.25, 0.3) is 16.5 Å². The molecule has 2 aromatic heterocycles. The summed E-state index contributed by atoms with van der Waals surface area (Å²) in [6, 6.07) is 38.3. The Labute approximate surface area is 245 Å². The molecule has 1 aliphatic heterocycles. The third-order valence-electron chi connectivity index (χ3n) is 8.54. The number of aromatic nitrogens is 2. The van der Waals surface area contributed by atoms with E-state index in [1.54, 1.807) is 0 Å². The van der Waals surface area contributed by atoms with Crippen molar-refractivity contribution in [2.75, 3.05) is 13.2 Å². The van der Waals surface area contributed by atoms with E-state index in [0.29, 0.717) is 13.2 Å². The first-order chi connectivity index (χ1) is 20.9. The van der Waals surface area contributed by atoms with Gasteiger partial charge in [-0.05, 0) is 34.6 Å². The molecule has 0 amide bonds. The van der Waals surface area contributed by atoms with E-state index in [0.717, 1.165) is 68.6 Å². The Balaban J connectivity index is 1.42. The first-order valence-corrected chi connectivity index (χ1v) is 14.5. The fraction of sp³-hybridized carbons (Fsp3) is 0.139. The molecule has 0 saturated carbocycles. The summed E-state index contributed by atoms with van der Waals surface area (Å²) in [6.07, 6.45) is 8.03. The maximum absolute atomic E-state index is 6.52. The summed E-state index contributed by atoms with van der Waals surface area (Å²) in [7, 11) is -0.402. The van der Waals surface area contributed by atoms with Crippen LogP contribution >= 0.6 is 0 Å². The molecule has 42 heavy (non-hydrogen) atoms. The molecule has 0 unspecified atom stereocenters. The van der Waals surface area contributed by atoms with Crippen LogP contribution in [0.5, 0.6) is 0 Å². The van der Waals surface area contributed by atoms with Crippen LogP contribution in [0.15, 0.2) is 132 Å². The van der Waals surface area contributed by atoms with Crippen molar-refractivity contribution in [3.05, 3.63) is 162 Å². The molecule has 3 heterocycles. The zero-order chi connectivity index (χ0) is 27.9. The highest BCUT2D eigenvalue weighted by molar-refractivity contribution is 6.65. The number of nitrogens with zero attached hydrogens (tertiary/aromatic N) is 2. The van der Waals surface area contributed by atoms with Crippen LogP contribution in [0.2, 0.25) is 0 Å². The molecule has 6 aromatic rings. The number of furan rings is 1. The van der Waals surface area contributed by atoms with Gasteiger partial charge in [0.25, 0.3) is 0 Å². The summed E-state index contributed by atoms with van der Waals surface area (Å²) in [5, 5.41) is 1.06. The Hall–Kier alpha value is -4.65. The van der Waals surface area contributed by atoms with Gasteiger partial charge in [-0.3, -0.25) is 0 Å². The standard InChI is InChI=1S/C36H29BN2O3/c1-4-12-26(13-5-1)36(27-14-6-2-7-15-27,28-16-8-3-9-17-28)39-25-38-24-31(39)29-18-10-20-32-34(29)35-30(37-40-22-23-41-37)19-11-21-33(35)42-32/h1-9,11-19,21,24-25H,10,20,22-23H2. The molecule has 1 fully saturated rings. The van der Waals surface area contributed by atoms with Gasteiger partial charge < -0.3 is 18.3 Å². The average Bonchev–Trinajstić information content (AvgIpc) is 3.84. The van der Waals surface area contributed by atoms with Crippen LogP contribution in [0.4, 0.5) is 0 Å². The number of imidazole rings is 1. The molecular formula is C36H29BN2O3. The molecule has 0 radical (unpaired) electrons. The van der Waals surface area contributed by atoms with Crippen LogP contribution in [-0.2, 0) is 21.3 Å². The molecule has 4 aromatic carbocycles. The molecule has 0 bridgehead atoms. The molecule has 1 saturated heterocycles. The fourth-order valence-corrected chi connectivity index (χ4v) is 6.82. The quantitative estimate of drug-likeness (QED) is 0.174. The van der Waals surface area contributed by atoms with Gasteiger partial charge in [0.05, 0.1) is 31.4 Å². The number of hydrogen-bond acceptors (Lipinski definition) is 4. The number of rotatable bonds is 6. The maximum atomic E-state index is 6.52. The van der Waals surface area contributed by atoms with E-state index in [1.165, 1.54) is 0 Å². The van der Waals surface area contributed by atoms with Crippen LogP contribution < -0.4 is 5.46 Å². The Bertz CT molecular complexity index is 1790. The number of benzene rings is 4. The molecule has 5 nitrogen and oxygen atoms in total. The summed E-state index contributed by atoms with van der Waals surface area (Å²) in [6.45, 7) is 1.18. The molecule has 2 aliphatic rings. The molecule has 1 aliphatic carbocycles. The van der Waals surface area contributed by atoms with Gasteiger partial charge in [-0.25, -0.2) is 4.98 Å². The Kier molecular flexibility index (Phi) is 6.17. The van der Waals surface area contributed by atoms with E-state index in [1.807, 2.05) is 24.7 Å². The first kappa shape index (κ1) is 25.1. The topological polar surface area (TPSA) is 49.4 Å². The number of hydrogen-bond donors (Lipinski definition) is 0. The fourth-order valence-electron chi connectivity index (χ4n) is 6.82. The van der Waals surface area contributed by atoms with Gasteiger partial charge in [-0.15, -0.1) is 0 Å². The first-order valence-electron chi connectivity index (χ1n) is 14.5. The lowest BCUT2D eigenvalue weighted by Crippen LogP contribution is -2.38. The Morgan fingerprint density at radius 1 is 0.714 bits per heavy atom.